The van der Waals surface area contributed by atoms with Gasteiger partial charge in [-0.15, -0.1) is 0 Å². The summed E-state index contributed by atoms with van der Waals surface area (Å²) < 4.78 is 5.82. The zero-order chi connectivity index (χ0) is 39.9. The largest absolute Gasteiger partial charge is 0.493 e. The van der Waals surface area contributed by atoms with Crippen molar-refractivity contribution in [3.8, 4) is 5.75 Å². The highest BCUT2D eigenvalue weighted by molar-refractivity contribution is 5.78. The maximum Gasteiger partial charge on any atom is 0.226 e. The van der Waals surface area contributed by atoms with E-state index >= 15 is 0 Å². The first-order chi connectivity index (χ1) is 27.2. The third-order valence-electron chi connectivity index (χ3n) is 12.3. The van der Waals surface area contributed by atoms with E-state index in [1.54, 1.807) is 0 Å². The van der Waals surface area contributed by atoms with Crippen LogP contribution in [0.4, 0.5) is 0 Å². The van der Waals surface area contributed by atoms with Gasteiger partial charge in [0.15, 0.2) is 0 Å². The van der Waals surface area contributed by atoms with Crippen LogP contribution in [0.25, 0.3) is 0 Å². The van der Waals surface area contributed by atoms with Gasteiger partial charge in [-0.2, -0.15) is 10.2 Å². The molecule has 1 unspecified atom stereocenters. The Kier molecular flexibility index (Phi) is 17.2. The number of hydrogen-bond donors (Lipinski definition) is 4. The van der Waals surface area contributed by atoms with Gasteiger partial charge in [-0.3, -0.25) is 24.7 Å². The van der Waals surface area contributed by atoms with Gasteiger partial charge in [0, 0.05) is 112 Å². The van der Waals surface area contributed by atoms with E-state index in [0.29, 0.717) is 38.0 Å². The molecule has 2 fully saturated rings. The highest BCUT2D eigenvalue weighted by Crippen LogP contribution is 2.38. The van der Waals surface area contributed by atoms with Crippen molar-refractivity contribution in [2.24, 2.45) is 5.92 Å². The minimum absolute atomic E-state index is 0.0658. The zero-order valence-corrected chi connectivity index (χ0v) is 35.1. The molecule has 2 aliphatic rings. The summed E-state index contributed by atoms with van der Waals surface area (Å²) in [5.41, 5.74) is 4.98. The van der Waals surface area contributed by atoms with E-state index in [2.05, 4.69) is 66.6 Å². The first-order valence-electron chi connectivity index (χ1n) is 21.2. The average molecular weight is 775 g/mol. The quantitative estimate of drug-likeness (QED) is 0.112. The molecule has 13 nitrogen and oxygen atoms in total. The Hall–Kier alpha value is -3.78. The number of benzene rings is 1. The molecule has 13 heteroatoms. The van der Waals surface area contributed by atoms with Crippen LogP contribution in [0.2, 0.25) is 0 Å². The second-order valence-electron chi connectivity index (χ2n) is 16.2. The SMILES string of the molecule is CCN(C(=O)CCOc1ccccc1)C1CCC(c2[nH]ncc2CN(CCNC)C(C)CN(C)C(=O)C2CCC(c3[nH]ncc3CN(C)CCNC)CC2)CC1. The molecule has 56 heavy (non-hydrogen) atoms. The number of carbonyl (C=O) groups is 2. The van der Waals surface area contributed by atoms with Gasteiger partial charge in [0.2, 0.25) is 11.8 Å². The van der Waals surface area contributed by atoms with Crippen molar-refractivity contribution < 1.29 is 14.3 Å². The summed E-state index contributed by atoms with van der Waals surface area (Å²) in [5, 5.41) is 22.2. The third kappa shape index (κ3) is 12.1. The molecule has 3 aromatic rings. The van der Waals surface area contributed by atoms with Crippen LogP contribution in [0, 0.1) is 5.92 Å². The lowest BCUT2D eigenvalue weighted by atomic mass is 9.79. The lowest BCUT2D eigenvalue weighted by Crippen LogP contribution is -2.46. The summed E-state index contributed by atoms with van der Waals surface area (Å²) in [7, 11) is 8.11. The summed E-state index contributed by atoms with van der Waals surface area (Å²) in [4.78, 5) is 35.9. The molecule has 0 bridgehead atoms. The van der Waals surface area contributed by atoms with Crippen LogP contribution >= 0.6 is 0 Å². The number of H-pyrrole nitrogens is 2. The van der Waals surface area contributed by atoms with Crippen LogP contribution in [0.1, 0.15) is 106 Å². The summed E-state index contributed by atoms with van der Waals surface area (Å²) in [6.07, 6.45) is 12.2. The van der Waals surface area contributed by atoms with Crippen molar-refractivity contribution in [1.29, 1.82) is 0 Å². The highest BCUT2D eigenvalue weighted by atomic mass is 16.5. The molecule has 310 valence electrons. The Bertz CT molecular complexity index is 1580. The second-order valence-corrected chi connectivity index (χ2v) is 16.2. The predicted molar refractivity (Wildman–Crippen MR) is 223 cm³/mol. The van der Waals surface area contributed by atoms with E-state index in [9.17, 15) is 9.59 Å². The van der Waals surface area contributed by atoms with Gasteiger partial charge in [0.05, 0.1) is 25.4 Å². The van der Waals surface area contributed by atoms with E-state index in [1.165, 1.54) is 22.5 Å². The van der Waals surface area contributed by atoms with Crippen LogP contribution in [-0.4, -0.2) is 138 Å². The van der Waals surface area contributed by atoms with E-state index in [-0.39, 0.29) is 29.8 Å². The molecule has 2 amide bonds. The van der Waals surface area contributed by atoms with Gasteiger partial charge < -0.3 is 30.1 Å². The number of rotatable bonds is 22. The second kappa shape index (κ2) is 22.2. The van der Waals surface area contributed by atoms with Crippen molar-refractivity contribution >= 4 is 11.8 Å². The molecule has 0 aliphatic heterocycles. The first-order valence-corrected chi connectivity index (χ1v) is 21.2. The number of para-hydroxylation sites is 1. The molecule has 0 spiro atoms. The summed E-state index contributed by atoms with van der Waals surface area (Å²) >= 11 is 0. The van der Waals surface area contributed by atoms with Crippen LogP contribution in [0.5, 0.6) is 5.75 Å². The number of aromatic nitrogens is 4. The molecular formula is C43H70N10O3. The lowest BCUT2D eigenvalue weighted by Gasteiger charge is -2.37. The molecule has 0 radical (unpaired) electrons. The van der Waals surface area contributed by atoms with E-state index in [1.807, 2.05) is 68.8 Å². The Morgan fingerprint density at radius 1 is 0.839 bits per heavy atom. The van der Waals surface area contributed by atoms with Crippen molar-refractivity contribution in [3.63, 3.8) is 0 Å². The average Bonchev–Trinajstić information content (AvgIpc) is 3.89. The fourth-order valence-electron chi connectivity index (χ4n) is 8.98. The number of hydrogen-bond acceptors (Lipinski definition) is 9. The predicted octanol–water partition coefficient (Wildman–Crippen LogP) is 4.97. The molecule has 2 aliphatic carbocycles. The van der Waals surface area contributed by atoms with E-state index in [4.69, 9.17) is 4.74 Å². The van der Waals surface area contributed by atoms with Crippen molar-refractivity contribution in [2.75, 3.05) is 74.1 Å². The molecule has 5 rings (SSSR count). The standard InChI is InChI=1S/C43H70N10O3/c1-7-53(40(54)21-26-56-39-11-9-8-10-12-39)38-19-17-34(18-20-38)42-37(28-47-49-42)31-52(25-23-45-4)32(2)29-51(6)43(55)35-15-13-33(14-16-35)41-36(27-46-48-41)30-50(5)24-22-44-3/h8-12,27-28,32-35,38,44-45H,7,13-26,29-31H2,1-6H3,(H,46,48)(H,47,49). The summed E-state index contributed by atoms with van der Waals surface area (Å²) in [6.45, 7) is 11.5. The smallest absolute Gasteiger partial charge is 0.226 e. The number of aromatic amines is 2. The van der Waals surface area contributed by atoms with Crippen LogP contribution in [-0.2, 0) is 22.7 Å². The maximum atomic E-state index is 13.8. The number of ether oxygens (including phenoxy) is 1. The molecule has 0 saturated heterocycles. The lowest BCUT2D eigenvalue weighted by molar-refractivity contribution is -0.136. The Morgan fingerprint density at radius 2 is 1.43 bits per heavy atom. The molecular weight excluding hydrogens is 705 g/mol. The number of amides is 2. The number of likely N-dealkylation sites (N-methyl/N-ethyl adjacent to an activating group) is 4. The Labute approximate surface area is 335 Å². The normalized spacial score (nSPS) is 20.6. The summed E-state index contributed by atoms with van der Waals surface area (Å²) in [6, 6.07) is 10.1. The summed E-state index contributed by atoms with van der Waals surface area (Å²) in [5.74, 6) is 2.11. The van der Waals surface area contributed by atoms with Gasteiger partial charge in [0.1, 0.15) is 5.75 Å². The molecule has 4 N–H and O–H groups in total. The molecule has 2 heterocycles. The topological polar surface area (TPSA) is 138 Å². The van der Waals surface area contributed by atoms with Gasteiger partial charge in [-0.25, -0.2) is 0 Å². The molecule has 1 atom stereocenters. The minimum atomic E-state index is 0.0658. The van der Waals surface area contributed by atoms with Crippen molar-refractivity contribution in [1.82, 2.24) is 50.6 Å². The molecule has 2 aromatic heterocycles. The Balaban J connectivity index is 1.10. The van der Waals surface area contributed by atoms with Crippen LogP contribution in [0.3, 0.4) is 0 Å². The molecule has 1 aromatic carbocycles. The highest BCUT2D eigenvalue weighted by Gasteiger charge is 2.33. The number of nitrogens with one attached hydrogen (secondary N) is 4. The van der Waals surface area contributed by atoms with Gasteiger partial charge in [0.25, 0.3) is 0 Å². The Morgan fingerprint density at radius 3 is 2.04 bits per heavy atom. The molecule has 2 saturated carbocycles. The van der Waals surface area contributed by atoms with Crippen LogP contribution < -0.4 is 15.4 Å². The van der Waals surface area contributed by atoms with E-state index < -0.39 is 0 Å². The van der Waals surface area contributed by atoms with Gasteiger partial charge in [-0.1, -0.05) is 18.2 Å². The first kappa shape index (κ1) is 43.3. The zero-order valence-electron chi connectivity index (χ0n) is 35.1. The van der Waals surface area contributed by atoms with Gasteiger partial charge >= 0.3 is 0 Å². The number of nitrogens with zero attached hydrogens (tertiary/aromatic N) is 6. The monoisotopic (exact) mass is 775 g/mol. The van der Waals surface area contributed by atoms with E-state index in [0.717, 1.165) is 96.4 Å². The maximum absolute atomic E-state index is 13.8. The van der Waals surface area contributed by atoms with Crippen LogP contribution in [0.15, 0.2) is 42.7 Å². The van der Waals surface area contributed by atoms with Crippen molar-refractivity contribution in [2.45, 2.75) is 109 Å². The fraction of sp³-hybridized carbons (Fsp3) is 0.674. The minimum Gasteiger partial charge on any atom is -0.493 e. The number of carbonyl (C=O) groups excluding carboxylic acids is 2. The van der Waals surface area contributed by atoms with Crippen molar-refractivity contribution in [3.05, 3.63) is 65.2 Å². The third-order valence-corrected chi connectivity index (χ3v) is 12.3. The van der Waals surface area contributed by atoms with Gasteiger partial charge in [-0.05, 0) is 98.5 Å². The fourth-order valence-corrected chi connectivity index (χ4v) is 8.98.